The highest BCUT2D eigenvalue weighted by Gasteiger charge is 2.23. The SMILES string of the molecule is C=Nc1sc(N(C)C)nc1/C(=N\OC)C(=O)O. The number of carboxylic acid groups (broad SMARTS) is 1. The van der Waals surface area contributed by atoms with Crippen molar-refractivity contribution in [2.24, 2.45) is 10.1 Å². The van der Waals surface area contributed by atoms with Crippen molar-refractivity contribution in [3.63, 3.8) is 0 Å². The normalized spacial score (nSPS) is 11.1. The molecule has 7 nitrogen and oxygen atoms in total. The molecule has 0 spiro atoms. The molecule has 0 aromatic carbocycles. The molecule has 0 amide bonds. The van der Waals surface area contributed by atoms with Crippen LogP contribution in [0.3, 0.4) is 0 Å². The number of aliphatic carboxylic acids is 1. The molecule has 1 aromatic heterocycles. The zero-order valence-electron chi connectivity index (χ0n) is 9.67. The smallest absolute Gasteiger partial charge is 0.360 e. The van der Waals surface area contributed by atoms with Crippen LogP contribution in [0.25, 0.3) is 0 Å². The summed E-state index contributed by atoms with van der Waals surface area (Å²) >= 11 is 1.23. The van der Waals surface area contributed by atoms with Crippen LogP contribution >= 0.6 is 11.3 Å². The van der Waals surface area contributed by atoms with Gasteiger partial charge in [-0.15, -0.1) is 0 Å². The number of hydrogen-bond acceptors (Lipinski definition) is 7. The van der Waals surface area contributed by atoms with Crippen molar-refractivity contribution in [2.45, 2.75) is 0 Å². The second kappa shape index (κ2) is 5.39. The number of thiazole rings is 1. The van der Waals surface area contributed by atoms with Crippen LogP contribution in [0.4, 0.5) is 10.1 Å². The van der Waals surface area contributed by atoms with Crippen LogP contribution in [0.15, 0.2) is 10.1 Å². The Morgan fingerprint density at radius 3 is 2.65 bits per heavy atom. The van der Waals surface area contributed by atoms with Crippen molar-refractivity contribution in [1.82, 2.24) is 4.98 Å². The molecule has 1 heterocycles. The zero-order chi connectivity index (χ0) is 13.0. The minimum absolute atomic E-state index is 0.156. The van der Waals surface area contributed by atoms with Crippen LogP contribution in [0.1, 0.15) is 5.69 Å². The van der Waals surface area contributed by atoms with Gasteiger partial charge in [0, 0.05) is 14.1 Å². The fourth-order valence-electron chi connectivity index (χ4n) is 1.03. The summed E-state index contributed by atoms with van der Waals surface area (Å²) in [6, 6.07) is 0. The monoisotopic (exact) mass is 256 g/mol. The molecule has 0 radical (unpaired) electrons. The van der Waals surface area contributed by atoms with Crippen molar-refractivity contribution < 1.29 is 14.7 Å². The number of anilines is 1. The molecule has 0 aliphatic rings. The molecule has 0 aliphatic carbocycles. The summed E-state index contributed by atoms with van der Waals surface area (Å²) in [7, 11) is 4.86. The fourth-order valence-corrected chi connectivity index (χ4v) is 1.82. The van der Waals surface area contributed by atoms with Crippen LogP contribution in [0.2, 0.25) is 0 Å². The molecule has 0 saturated heterocycles. The lowest BCUT2D eigenvalue weighted by Gasteiger charge is -2.05. The average Bonchev–Trinajstić information content (AvgIpc) is 2.69. The summed E-state index contributed by atoms with van der Waals surface area (Å²) in [5.74, 6) is -1.23. The molecule has 17 heavy (non-hydrogen) atoms. The summed E-state index contributed by atoms with van der Waals surface area (Å²) < 4.78 is 0. The Balaban J connectivity index is 3.32. The minimum atomic E-state index is -1.23. The van der Waals surface area contributed by atoms with E-state index in [1.165, 1.54) is 18.4 Å². The first kappa shape index (κ1) is 13.1. The van der Waals surface area contributed by atoms with Gasteiger partial charge in [0.05, 0.1) is 0 Å². The van der Waals surface area contributed by atoms with Gasteiger partial charge in [0.2, 0.25) is 5.71 Å². The second-order valence-electron chi connectivity index (χ2n) is 3.13. The first-order valence-electron chi connectivity index (χ1n) is 4.51. The Morgan fingerprint density at radius 2 is 2.24 bits per heavy atom. The minimum Gasteiger partial charge on any atom is -0.476 e. The Kier molecular flexibility index (Phi) is 4.16. The quantitative estimate of drug-likeness (QED) is 0.626. The predicted molar refractivity (Wildman–Crippen MR) is 66.8 cm³/mol. The van der Waals surface area contributed by atoms with Crippen molar-refractivity contribution in [3.8, 4) is 0 Å². The van der Waals surface area contributed by atoms with Gasteiger partial charge in [-0.05, 0) is 6.72 Å². The molecule has 1 N–H and O–H groups in total. The lowest BCUT2D eigenvalue weighted by atomic mass is 10.3. The summed E-state index contributed by atoms with van der Waals surface area (Å²) in [5, 5.41) is 13.4. The molecule has 1 aromatic rings. The largest absolute Gasteiger partial charge is 0.476 e. The third kappa shape index (κ3) is 2.78. The van der Waals surface area contributed by atoms with Gasteiger partial charge in [-0.25, -0.2) is 9.78 Å². The molecule has 0 unspecified atom stereocenters. The predicted octanol–water partition coefficient (Wildman–Crippen LogP) is 0.976. The maximum atomic E-state index is 11.0. The van der Waals surface area contributed by atoms with Crippen molar-refractivity contribution in [1.29, 1.82) is 0 Å². The third-order valence-electron chi connectivity index (χ3n) is 1.73. The van der Waals surface area contributed by atoms with E-state index in [-0.39, 0.29) is 11.4 Å². The molecule has 0 bridgehead atoms. The zero-order valence-corrected chi connectivity index (χ0v) is 10.5. The van der Waals surface area contributed by atoms with Gasteiger partial charge in [0.1, 0.15) is 17.8 Å². The number of hydrogen-bond donors (Lipinski definition) is 1. The van der Waals surface area contributed by atoms with E-state index in [1.54, 1.807) is 19.0 Å². The van der Waals surface area contributed by atoms with Gasteiger partial charge in [0.15, 0.2) is 5.13 Å². The Morgan fingerprint density at radius 1 is 1.59 bits per heavy atom. The summed E-state index contributed by atoms with van der Waals surface area (Å²) in [6.07, 6.45) is 0. The number of carbonyl (C=O) groups is 1. The summed E-state index contributed by atoms with van der Waals surface area (Å²) in [6.45, 7) is 3.38. The Bertz CT molecular complexity index is 467. The molecular weight excluding hydrogens is 244 g/mol. The molecule has 92 valence electrons. The van der Waals surface area contributed by atoms with Gasteiger partial charge in [0.25, 0.3) is 0 Å². The van der Waals surface area contributed by atoms with E-state index in [1.807, 2.05) is 0 Å². The number of nitrogens with zero attached hydrogens (tertiary/aromatic N) is 4. The summed E-state index contributed by atoms with van der Waals surface area (Å²) in [4.78, 5) is 25.1. The number of aromatic nitrogens is 1. The van der Waals surface area contributed by atoms with Gasteiger partial charge >= 0.3 is 5.97 Å². The highest BCUT2D eigenvalue weighted by molar-refractivity contribution is 7.19. The molecular formula is C9H12N4O3S. The topological polar surface area (TPSA) is 87.4 Å². The van der Waals surface area contributed by atoms with Crippen molar-refractivity contribution >= 4 is 39.9 Å². The Hall–Kier alpha value is -1.96. The molecule has 0 aliphatic heterocycles. The molecule has 8 heteroatoms. The maximum absolute atomic E-state index is 11.0. The third-order valence-corrected chi connectivity index (χ3v) is 2.89. The molecule has 0 fully saturated rings. The number of carboxylic acids is 1. The van der Waals surface area contributed by atoms with Gasteiger partial charge in [-0.3, -0.25) is 4.99 Å². The maximum Gasteiger partial charge on any atom is 0.360 e. The van der Waals surface area contributed by atoms with Crippen LogP contribution in [0, 0.1) is 0 Å². The first-order chi connectivity index (χ1) is 8.01. The van der Waals surface area contributed by atoms with Gasteiger partial charge < -0.3 is 14.8 Å². The summed E-state index contributed by atoms with van der Waals surface area (Å²) in [5.41, 5.74) is -0.137. The average molecular weight is 256 g/mol. The van der Waals surface area contributed by atoms with Crippen LogP contribution < -0.4 is 4.90 Å². The number of rotatable bonds is 5. The fraction of sp³-hybridized carbons (Fsp3) is 0.333. The number of aliphatic imine (C=N–C) groups is 1. The van der Waals surface area contributed by atoms with Gasteiger partial charge in [-0.1, -0.05) is 16.5 Å². The number of oxime groups is 1. The highest BCUT2D eigenvalue weighted by atomic mass is 32.1. The molecule has 0 saturated carbocycles. The first-order valence-corrected chi connectivity index (χ1v) is 5.32. The molecule has 0 atom stereocenters. The van der Waals surface area contributed by atoms with E-state index >= 15 is 0 Å². The van der Waals surface area contributed by atoms with Crippen LogP contribution in [-0.2, 0) is 9.63 Å². The van der Waals surface area contributed by atoms with Crippen molar-refractivity contribution in [3.05, 3.63) is 5.69 Å². The lowest BCUT2D eigenvalue weighted by Crippen LogP contribution is -2.16. The van der Waals surface area contributed by atoms with E-state index < -0.39 is 5.97 Å². The van der Waals surface area contributed by atoms with E-state index in [4.69, 9.17) is 5.11 Å². The van der Waals surface area contributed by atoms with Crippen LogP contribution in [-0.4, -0.2) is 49.7 Å². The van der Waals surface area contributed by atoms with E-state index in [9.17, 15) is 4.79 Å². The lowest BCUT2D eigenvalue weighted by molar-refractivity contribution is -0.129. The Labute approximate surface area is 102 Å². The van der Waals surface area contributed by atoms with E-state index in [0.29, 0.717) is 10.1 Å². The highest BCUT2D eigenvalue weighted by Crippen LogP contribution is 2.32. The molecule has 1 rings (SSSR count). The van der Waals surface area contributed by atoms with E-state index in [2.05, 4.69) is 26.7 Å². The standard InChI is InChI=1S/C9H12N4O3S/c1-10-7-5(6(8(14)15)12-16-4)11-9(17-7)13(2)3/h1H2,2-4H3,(H,14,15)/b12-6+. The van der Waals surface area contributed by atoms with Gasteiger partial charge in [-0.2, -0.15) is 0 Å². The van der Waals surface area contributed by atoms with Crippen molar-refractivity contribution in [2.75, 3.05) is 26.1 Å². The van der Waals surface area contributed by atoms with Crippen LogP contribution in [0.5, 0.6) is 0 Å². The second-order valence-corrected chi connectivity index (χ2v) is 4.09. The van der Waals surface area contributed by atoms with E-state index in [0.717, 1.165) is 0 Å².